The van der Waals surface area contributed by atoms with Crippen LogP contribution in [0.4, 0.5) is 5.69 Å². The van der Waals surface area contributed by atoms with Crippen LogP contribution in [-0.2, 0) is 4.79 Å². The molecule has 0 aromatic heterocycles. The predicted molar refractivity (Wildman–Crippen MR) is 99.8 cm³/mol. The fourth-order valence-electron chi connectivity index (χ4n) is 2.81. The number of amides is 1. The quantitative estimate of drug-likeness (QED) is 0.763. The standard InChI is InChI=1S/C19H22ClN3O2/c1-3-25-15-8-5-13(6-9-15)17-11-18(23-22-17)19(24)21-14-7-4-12(2)16(20)10-14/h4-10,17-18,22-23H,3,11H2,1-2H3,(H,21,24). The molecule has 1 amide bonds. The topological polar surface area (TPSA) is 62.4 Å². The minimum absolute atomic E-state index is 0.0769. The van der Waals surface area contributed by atoms with Crippen LogP contribution in [0.3, 0.4) is 0 Å². The number of anilines is 1. The first kappa shape index (κ1) is 17.7. The zero-order valence-electron chi connectivity index (χ0n) is 14.3. The maximum Gasteiger partial charge on any atom is 0.242 e. The lowest BCUT2D eigenvalue weighted by molar-refractivity contribution is -0.117. The molecule has 25 heavy (non-hydrogen) atoms. The first-order chi connectivity index (χ1) is 12.1. The summed E-state index contributed by atoms with van der Waals surface area (Å²) in [4.78, 5) is 12.5. The molecule has 3 rings (SSSR count). The second-order valence-electron chi connectivity index (χ2n) is 6.08. The highest BCUT2D eigenvalue weighted by Gasteiger charge is 2.30. The molecule has 0 aliphatic carbocycles. The summed E-state index contributed by atoms with van der Waals surface area (Å²) in [5.41, 5.74) is 9.05. The van der Waals surface area contributed by atoms with Crippen molar-refractivity contribution in [3.05, 3.63) is 58.6 Å². The molecule has 0 radical (unpaired) electrons. The molecular weight excluding hydrogens is 338 g/mol. The van der Waals surface area contributed by atoms with Gasteiger partial charge in [-0.05, 0) is 55.7 Å². The Morgan fingerprint density at radius 2 is 2.00 bits per heavy atom. The van der Waals surface area contributed by atoms with Gasteiger partial charge < -0.3 is 10.1 Å². The molecule has 0 spiro atoms. The minimum Gasteiger partial charge on any atom is -0.494 e. The molecule has 1 fully saturated rings. The molecule has 0 bridgehead atoms. The van der Waals surface area contributed by atoms with Gasteiger partial charge in [0.1, 0.15) is 11.8 Å². The monoisotopic (exact) mass is 359 g/mol. The van der Waals surface area contributed by atoms with Crippen LogP contribution in [0.15, 0.2) is 42.5 Å². The molecule has 2 unspecified atom stereocenters. The first-order valence-electron chi connectivity index (χ1n) is 8.37. The Morgan fingerprint density at radius 1 is 1.24 bits per heavy atom. The Morgan fingerprint density at radius 3 is 2.68 bits per heavy atom. The van der Waals surface area contributed by atoms with Crippen LogP contribution in [0, 0.1) is 6.92 Å². The van der Waals surface area contributed by atoms with E-state index in [0.29, 0.717) is 23.7 Å². The highest BCUT2D eigenvalue weighted by molar-refractivity contribution is 6.31. The number of carbonyl (C=O) groups is 1. The summed E-state index contributed by atoms with van der Waals surface area (Å²) in [6, 6.07) is 13.2. The van der Waals surface area contributed by atoms with Gasteiger partial charge in [0, 0.05) is 16.8 Å². The van der Waals surface area contributed by atoms with E-state index in [2.05, 4.69) is 16.2 Å². The number of rotatable bonds is 5. The molecule has 2 atom stereocenters. The lowest BCUT2D eigenvalue weighted by Gasteiger charge is -2.12. The normalized spacial score (nSPS) is 19.6. The van der Waals surface area contributed by atoms with Gasteiger partial charge in [-0.25, -0.2) is 10.9 Å². The number of halogens is 1. The fraction of sp³-hybridized carbons (Fsp3) is 0.316. The van der Waals surface area contributed by atoms with Crippen LogP contribution in [0.5, 0.6) is 5.75 Å². The van der Waals surface area contributed by atoms with Crippen molar-refractivity contribution in [1.29, 1.82) is 0 Å². The molecule has 132 valence electrons. The van der Waals surface area contributed by atoms with E-state index in [1.807, 2.05) is 50.2 Å². The van der Waals surface area contributed by atoms with Crippen molar-refractivity contribution in [2.75, 3.05) is 11.9 Å². The van der Waals surface area contributed by atoms with Crippen molar-refractivity contribution in [1.82, 2.24) is 10.9 Å². The molecule has 1 saturated heterocycles. The smallest absolute Gasteiger partial charge is 0.242 e. The van der Waals surface area contributed by atoms with Crippen molar-refractivity contribution in [3.8, 4) is 5.75 Å². The number of carbonyl (C=O) groups excluding carboxylic acids is 1. The van der Waals surface area contributed by atoms with Crippen LogP contribution in [-0.4, -0.2) is 18.6 Å². The predicted octanol–water partition coefficient (Wildman–Crippen LogP) is 3.59. The van der Waals surface area contributed by atoms with E-state index in [9.17, 15) is 4.79 Å². The Labute approximate surface area is 152 Å². The van der Waals surface area contributed by atoms with Crippen LogP contribution < -0.4 is 20.9 Å². The average Bonchev–Trinajstić information content (AvgIpc) is 3.09. The van der Waals surface area contributed by atoms with E-state index >= 15 is 0 Å². The summed E-state index contributed by atoms with van der Waals surface area (Å²) >= 11 is 6.11. The molecule has 1 aliphatic rings. The number of hydrogen-bond donors (Lipinski definition) is 3. The van der Waals surface area contributed by atoms with E-state index in [1.165, 1.54) is 0 Å². The molecule has 0 saturated carbocycles. The van der Waals surface area contributed by atoms with Crippen LogP contribution in [0.2, 0.25) is 5.02 Å². The maximum absolute atomic E-state index is 12.5. The Bertz CT molecular complexity index is 749. The minimum atomic E-state index is -0.309. The Balaban J connectivity index is 1.59. The second kappa shape index (κ2) is 7.87. The Hall–Kier alpha value is -2.08. The number of nitrogens with one attached hydrogen (secondary N) is 3. The van der Waals surface area contributed by atoms with Crippen molar-refractivity contribution < 1.29 is 9.53 Å². The molecule has 1 aliphatic heterocycles. The third-order valence-corrected chi connectivity index (χ3v) is 4.66. The zero-order chi connectivity index (χ0) is 17.8. The summed E-state index contributed by atoms with van der Waals surface area (Å²) in [6.07, 6.45) is 0.666. The van der Waals surface area contributed by atoms with Crippen molar-refractivity contribution in [2.24, 2.45) is 0 Å². The average molecular weight is 360 g/mol. The third-order valence-electron chi connectivity index (χ3n) is 4.25. The van der Waals surface area contributed by atoms with Gasteiger partial charge in [0.15, 0.2) is 0 Å². The first-order valence-corrected chi connectivity index (χ1v) is 8.75. The number of benzene rings is 2. The van der Waals surface area contributed by atoms with E-state index in [4.69, 9.17) is 16.3 Å². The van der Waals surface area contributed by atoms with Gasteiger partial charge in [0.25, 0.3) is 0 Å². The summed E-state index contributed by atoms with van der Waals surface area (Å²) in [5.74, 6) is 0.767. The van der Waals surface area contributed by atoms with E-state index in [1.54, 1.807) is 6.07 Å². The molecule has 3 N–H and O–H groups in total. The van der Waals surface area contributed by atoms with Gasteiger partial charge in [-0.1, -0.05) is 29.8 Å². The lowest BCUT2D eigenvalue weighted by atomic mass is 10.0. The molecule has 2 aromatic rings. The second-order valence-corrected chi connectivity index (χ2v) is 6.49. The van der Waals surface area contributed by atoms with Crippen LogP contribution in [0.25, 0.3) is 0 Å². The van der Waals surface area contributed by atoms with Crippen molar-refractivity contribution >= 4 is 23.2 Å². The SMILES string of the molecule is CCOc1ccc(C2CC(C(=O)Nc3ccc(C)c(Cl)c3)NN2)cc1. The third kappa shape index (κ3) is 4.31. The number of aryl methyl sites for hydroxylation is 1. The van der Waals surface area contributed by atoms with Gasteiger partial charge in [-0.3, -0.25) is 4.79 Å². The van der Waals surface area contributed by atoms with Crippen molar-refractivity contribution in [2.45, 2.75) is 32.4 Å². The van der Waals surface area contributed by atoms with Gasteiger partial charge in [-0.2, -0.15) is 0 Å². The number of ether oxygens (including phenoxy) is 1. The summed E-state index contributed by atoms with van der Waals surface area (Å²) < 4.78 is 5.46. The molecule has 5 nitrogen and oxygen atoms in total. The van der Waals surface area contributed by atoms with Crippen LogP contribution in [0.1, 0.15) is 30.5 Å². The molecule has 1 heterocycles. The maximum atomic E-state index is 12.5. The largest absolute Gasteiger partial charge is 0.494 e. The fourth-order valence-corrected chi connectivity index (χ4v) is 2.99. The van der Waals surface area contributed by atoms with Crippen LogP contribution >= 0.6 is 11.6 Å². The molecule has 2 aromatic carbocycles. The summed E-state index contributed by atoms with van der Waals surface area (Å²) in [7, 11) is 0. The van der Waals surface area contributed by atoms with E-state index in [-0.39, 0.29) is 18.0 Å². The van der Waals surface area contributed by atoms with Gasteiger partial charge in [0.05, 0.1) is 6.61 Å². The highest BCUT2D eigenvalue weighted by Crippen LogP contribution is 2.25. The lowest BCUT2D eigenvalue weighted by Crippen LogP contribution is -2.39. The molecular formula is C19H22ClN3O2. The zero-order valence-corrected chi connectivity index (χ0v) is 15.1. The van der Waals surface area contributed by atoms with Gasteiger partial charge in [0.2, 0.25) is 5.91 Å². The van der Waals surface area contributed by atoms with E-state index in [0.717, 1.165) is 16.9 Å². The summed E-state index contributed by atoms with van der Waals surface area (Å²) in [6.45, 7) is 4.53. The van der Waals surface area contributed by atoms with Gasteiger partial charge >= 0.3 is 0 Å². The Kier molecular flexibility index (Phi) is 5.58. The van der Waals surface area contributed by atoms with E-state index < -0.39 is 0 Å². The highest BCUT2D eigenvalue weighted by atomic mass is 35.5. The van der Waals surface area contributed by atoms with Crippen molar-refractivity contribution in [3.63, 3.8) is 0 Å². The number of hydrazine groups is 1. The number of hydrogen-bond acceptors (Lipinski definition) is 4. The molecule has 6 heteroatoms. The van der Waals surface area contributed by atoms with Gasteiger partial charge in [-0.15, -0.1) is 0 Å². The summed E-state index contributed by atoms with van der Waals surface area (Å²) in [5, 5.41) is 3.55.